The maximum atomic E-state index is 6.48. The first-order valence-electron chi connectivity index (χ1n) is 6.71. The van der Waals surface area contributed by atoms with Crippen molar-refractivity contribution in [2.24, 2.45) is 5.73 Å². The number of furan rings is 1. The van der Waals surface area contributed by atoms with Gasteiger partial charge < -0.3 is 10.2 Å². The molecule has 3 heteroatoms. The van der Waals surface area contributed by atoms with Crippen molar-refractivity contribution in [2.75, 3.05) is 0 Å². The summed E-state index contributed by atoms with van der Waals surface area (Å²) in [6, 6.07) is 14.3. The van der Waals surface area contributed by atoms with E-state index in [4.69, 9.17) is 10.2 Å². The fourth-order valence-electron chi connectivity index (χ4n) is 2.64. The van der Waals surface area contributed by atoms with Gasteiger partial charge in [0.1, 0.15) is 5.76 Å². The summed E-state index contributed by atoms with van der Waals surface area (Å²) in [5.41, 5.74) is 8.67. The molecular formula is C17H16BrNO. The van der Waals surface area contributed by atoms with Crippen molar-refractivity contribution < 1.29 is 4.42 Å². The fourth-order valence-corrected chi connectivity index (χ4v) is 3.12. The van der Waals surface area contributed by atoms with Crippen LogP contribution in [0.2, 0.25) is 0 Å². The monoisotopic (exact) mass is 329 g/mol. The summed E-state index contributed by atoms with van der Waals surface area (Å²) in [4.78, 5) is 0. The molecule has 0 aliphatic heterocycles. The zero-order valence-corrected chi connectivity index (χ0v) is 12.9. The quantitative estimate of drug-likeness (QED) is 0.749. The minimum Gasteiger partial charge on any atom is -0.469 e. The highest BCUT2D eigenvalue weighted by molar-refractivity contribution is 9.10. The van der Waals surface area contributed by atoms with Crippen LogP contribution in [0.15, 0.2) is 57.6 Å². The van der Waals surface area contributed by atoms with Crippen LogP contribution in [-0.4, -0.2) is 0 Å². The van der Waals surface area contributed by atoms with E-state index in [9.17, 15) is 0 Å². The van der Waals surface area contributed by atoms with Gasteiger partial charge in [-0.3, -0.25) is 0 Å². The number of fused-ring (bicyclic) bond motifs is 1. The van der Waals surface area contributed by atoms with E-state index in [1.165, 1.54) is 10.8 Å². The van der Waals surface area contributed by atoms with Crippen LogP contribution in [0.5, 0.6) is 0 Å². The molecule has 1 unspecified atom stereocenters. The molecule has 2 aromatic carbocycles. The van der Waals surface area contributed by atoms with Crippen LogP contribution in [0.25, 0.3) is 10.8 Å². The maximum Gasteiger partial charge on any atom is 0.108 e. The summed E-state index contributed by atoms with van der Waals surface area (Å²) >= 11 is 3.60. The Morgan fingerprint density at radius 1 is 1.05 bits per heavy atom. The van der Waals surface area contributed by atoms with E-state index < -0.39 is 0 Å². The molecule has 0 radical (unpaired) electrons. The zero-order valence-electron chi connectivity index (χ0n) is 11.3. The molecular weight excluding hydrogens is 314 g/mol. The van der Waals surface area contributed by atoms with Crippen LogP contribution < -0.4 is 5.73 Å². The van der Waals surface area contributed by atoms with Gasteiger partial charge in [-0.1, -0.05) is 53.2 Å². The van der Waals surface area contributed by atoms with Gasteiger partial charge >= 0.3 is 0 Å². The lowest BCUT2D eigenvalue weighted by Crippen LogP contribution is -2.13. The van der Waals surface area contributed by atoms with Crippen molar-refractivity contribution >= 4 is 26.7 Å². The Kier molecular flexibility index (Phi) is 3.64. The number of aryl methyl sites for hydroxylation is 1. The Morgan fingerprint density at radius 3 is 2.55 bits per heavy atom. The molecule has 1 atom stereocenters. The van der Waals surface area contributed by atoms with E-state index in [2.05, 4.69) is 47.1 Å². The van der Waals surface area contributed by atoms with Gasteiger partial charge in [0.2, 0.25) is 0 Å². The SMILES string of the molecule is CCc1occc1C(N)c1ccc(Br)c2ccccc12. The first kappa shape index (κ1) is 13.4. The molecule has 1 aromatic heterocycles. The van der Waals surface area contributed by atoms with Crippen molar-refractivity contribution in [2.45, 2.75) is 19.4 Å². The van der Waals surface area contributed by atoms with Crippen molar-refractivity contribution in [3.05, 3.63) is 70.1 Å². The van der Waals surface area contributed by atoms with Crippen molar-refractivity contribution in [3.8, 4) is 0 Å². The molecule has 0 bridgehead atoms. The number of nitrogens with two attached hydrogens (primary N) is 1. The molecule has 0 saturated carbocycles. The summed E-state index contributed by atoms with van der Waals surface area (Å²) in [7, 11) is 0. The van der Waals surface area contributed by atoms with Crippen LogP contribution in [0.4, 0.5) is 0 Å². The van der Waals surface area contributed by atoms with Gasteiger partial charge in [-0.2, -0.15) is 0 Å². The number of benzene rings is 2. The molecule has 0 aliphatic carbocycles. The molecule has 20 heavy (non-hydrogen) atoms. The maximum absolute atomic E-state index is 6.48. The predicted molar refractivity (Wildman–Crippen MR) is 85.8 cm³/mol. The molecule has 2 N–H and O–H groups in total. The van der Waals surface area contributed by atoms with E-state index in [-0.39, 0.29) is 6.04 Å². The molecule has 0 aliphatic rings. The molecule has 0 spiro atoms. The Hall–Kier alpha value is -1.58. The van der Waals surface area contributed by atoms with Crippen LogP contribution in [0.1, 0.15) is 29.9 Å². The Bertz CT molecular complexity index is 748. The first-order valence-corrected chi connectivity index (χ1v) is 7.50. The van der Waals surface area contributed by atoms with Gasteiger partial charge in [0, 0.05) is 16.5 Å². The van der Waals surface area contributed by atoms with Crippen molar-refractivity contribution in [3.63, 3.8) is 0 Å². The molecule has 2 nitrogen and oxygen atoms in total. The Morgan fingerprint density at radius 2 is 1.80 bits per heavy atom. The van der Waals surface area contributed by atoms with Crippen molar-refractivity contribution in [1.82, 2.24) is 0 Å². The largest absolute Gasteiger partial charge is 0.469 e. The number of rotatable bonds is 3. The molecule has 3 aromatic rings. The topological polar surface area (TPSA) is 39.2 Å². The highest BCUT2D eigenvalue weighted by Gasteiger charge is 2.17. The second-order valence-corrected chi connectivity index (χ2v) is 5.67. The van der Waals surface area contributed by atoms with Gasteiger partial charge in [-0.05, 0) is 28.5 Å². The van der Waals surface area contributed by atoms with Crippen LogP contribution in [0, 0.1) is 0 Å². The average Bonchev–Trinajstić information content (AvgIpc) is 2.96. The van der Waals surface area contributed by atoms with Gasteiger partial charge in [-0.15, -0.1) is 0 Å². The van der Waals surface area contributed by atoms with E-state index in [1.54, 1.807) is 6.26 Å². The molecule has 0 saturated heterocycles. The minimum atomic E-state index is -0.165. The summed E-state index contributed by atoms with van der Waals surface area (Å²) in [6.45, 7) is 2.08. The van der Waals surface area contributed by atoms with Gasteiger partial charge in [0.05, 0.1) is 12.3 Å². The molecule has 102 valence electrons. The highest BCUT2D eigenvalue weighted by atomic mass is 79.9. The normalized spacial score (nSPS) is 12.8. The van der Waals surface area contributed by atoms with E-state index >= 15 is 0 Å². The van der Waals surface area contributed by atoms with E-state index in [0.717, 1.165) is 27.8 Å². The van der Waals surface area contributed by atoms with Gasteiger partial charge in [0.25, 0.3) is 0 Å². The summed E-state index contributed by atoms with van der Waals surface area (Å²) in [5, 5.41) is 2.36. The second-order valence-electron chi connectivity index (χ2n) is 4.81. The highest BCUT2D eigenvalue weighted by Crippen LogP contribution is 2.33. The third kappa shape index (κ3) is 2.17. The number of hydrogen-bond donors (Lipinski definition) is 1. The Labute approximate surface area is 126 Å². The van der Waals surface area contributed by atoms with Crippen LogP contribution in [-0.2, 0) is 6.42 Å². The van der Waals surface area contributed by atoms with Crippen LogP contribution >= 0.6 is 15.9 Å². The van der Waals surface area contributed by atoms with Crippen molar-refractivity contribution in [1.29, 1.82) is 0 Å². The molecule has 3 rings (SSSR count). The van der Waals surface area contributed by atoms with Crippen LogP contribution in [0.3, 0.4) is 0 Å². The number of hydrogen-bond acceptors (Lipinski definition) is 2. The number of halogens is 1. The lowest BCUT2D eigenvalue weighted by atomic mass is 9.94. The summed E-state index contributed by atoms with van der Waals surface area (Å²) in [6.07, 6.45) is 2.57. The fraction of sp³-hybridized carbons (Fsp3) is 0.176. The summed E-state index contributed by atoms with van der Waals surface area (Å²) < 4.78 is 6.59. The Balaban J connectivity index is 2.17. The lowest BCUT2D eigenvalue weighted by Gasteiger charge is -2.15. The molecule has 0 amide bonds. The average molecular weight is 330 g/mol. The van der Waals surface area contributed by atoms with E-state index in [0.29, 0.717) is 0 Å². The zero-order chi connectivity index (χ0) is 14.1. The third-order valence-electron chi connectivity index (χ3n) is 3.68. The van der Waals surface area contributed by atoms with Gasteiger partial charge in [0.15, 0.2) is 0 Å². The smallest absolute Gasteiger partial charge is 0.108 e. The minimum absolute atomic E-state index is 0.165. The van der Waals surface area contributed by atoms with E-state index in [1.807, 2.05) is 18.2 Å². The predicted octanol–water partition coefficient (Wildman–Crippen LogP) is 4.81. The lowest BCUT2D eigenvalue weighted by molar-refractivity contribution is 0.509. The first-order chi connectivity index (χ1) is 9.72. The second kappa shape index (κ2) is 5.43. The summed E-state index contributed by atoms with van der Waals surface area (Å²) in [5.74, 6) is 0.962. The van der Waals surface area contributed by atoms with Gasteiger partial charge in [-0.25, -0.2) is 0 Å². The standard InChI is InChI=1S/C17H16BrNO/c1-2-16-14(9-10-20-16)17(19)13-7-8-15(18)12-6-4-3-5-11(12)13/h3-10,17H,2,19H2,1H3. The molecule has 1 heterocycles. The molecule has 0 fully saturated rings. The third-order valence-corrected chi connectivity index (χ3v) is 4.37.